The molecule has 2 atom stereocenters. The highest BCUT2D eigenvalue weighted by atomic mass is 127. The number of hydrogen-bond acceptors (Lipinski definition) is 3. The molecule has 0 spiro atoms. The summed E-state index contributed by atoms with van der Waals surface area (Å²) < 4.78 is 0.908. The van der Waals surface area contributed by atoms with Crippen molar-refractivity contribution in [3.8, 4) is 0 Å². The van der Waals surface area contributed by atoms with Gasteiger partial charge in [-0.3, -0.25) is 19.3 Å². The Morgan fingerprint density at radius 2 is 1.73 bits per heavy atom. The third-order valence-corrected chi connectivity index (χ3v) is 4.99. The van der Waals surface area contributed by atoms with Crippen LogP contribution in [0.3, 0.4) is 0 Å². The van der Waals surface area contributed by atoms with Crippen LogP contribution in [-0.2, 0) is 14.4 Å². The number of nitrogens with zero attached hydrogens (tertiary/aromatic N) is 1. The van der Waals surface area contributed by atoms with Crippen molar-refractivity contribution in [1.29, 1.82) is 0 Å². The van der Waals surface area contributed by atoms with E-state index < -0.39 is 0 Å². The molecule has 0 saturated carbocycles. The molecule has 1 fully saturated rings. The van der Waals surface area contributed by atoms with Crippen LogP contribution in [0.4, 0.5) is 5.69 Å². The molecule has 0 aromatic heterocycles. The Balaban J connectivity index is 1.68. The highest BCUT2D eigenvalue weighted by molar-refractivity contribution is 14.1. The molecule has 3 rings (SSSR count). The molecular formula is C16H15IN2O3. The summed E-state index contributed by atoms with van der Waals surface area (Å²) in [5.74, 6) is -1.38. The van der Waals surface area contributed by atoms with Gasteiger partial charge in [-0.25, -0.2) is 0 Å². The van der Waals surface area contributed by atoms with E-state index in [4.69, 9.17) is 0 Å². The molecule has 1 N–H and O–H groups in total. The highest BCUT2D eigenvalue weighted by Crippen LogP contribution is 2.34. The molecule has 2 aliphatic rings. The van der Waals surface area contributed by atoms with Crippen LogP contribution >= 0.6 is 22.6 Å². The van der Waals surface area contributed by atoms with Crippen LogP contribution in [0.5, 0.6) is 0 Å². The second-order valence-corrected chi connectivity index (χ2v) is 6.61. The predicted molar refractivity (Wildman–Crippen MR) is 89.9 cm³/mol. The Morgan fingerprint density at radius 3 is 2.32 bits per heavy atom. The van der Waals surface area contributed by atoms with Crippen LogP contribution in [-0.4, -0.2) is 29.2 Å². The maximum atomic E-state index is 12.3. The number of allylic oxidation sites excluding steroid dienone is 2. The van der Waals surface area contributed by atoms with E-state index in [2.05, 4.69) is 27.9 Å². The van der Waals surface area contributed by atoms with Gasteiger partial charge in [0.2, 0.25) is 17.7 Å². The van der Waals surface area contributed by atoms with Crippen molar-refractivity contribution >= 4 is 46.0 Å². The van der Waals surface area contributed by atoms with E-state index in [1.807, 2.05) is 30.4 Å². The Labute approximate surface area is 141 Å². The van der Waals surface area contributed by atoms with Gasteiger partial charge in [0.15, 0.2) is 0 Å². The lowest BCUT2D eigenvalue weighted by Crippen LogP contribution is -2.38. The number of carbonyl (C=O) groups is 3. The largest absolute Gasteiger partial charge is 0.324 e. The van der Waals surface area contributed by atoms with Crippen molar-refractivity contribution in [3.05, 3.63) is 40.0 Å². The molecule has 22 heavy (non-hydrogen) atoms. The van der Waals surface area contributed by atoms with E-state index in [1.54, 1.807) is 6.07 Å². The van der Waals surface area contributed by atoms with Crippen molar-refractivity contribution in [2.24, 2.45) is 11.8 Å². The normalized spacial score (nSPS) is 23.6. The van der Waals surface area contributed by atoms with E-state index in [-0.39, 0.29) is 36.1 Å². The minimum atomic E-state index is -0.350. The van der Waals surface area contributed by atoms with Crippen LogP contribution < -0.4 is 5.32 Å². The number of hydrogen-bond donors (Lipinski definition) is 1. The Hall–Kier alpha value is -1.70. The second kappa shape index (κ2) is 6.20. The first-order valence-electron chi connectivity index (χ1n) is 7.12. The smallest absolute Gasteiger partial charge is 0.244 e. The van der Waals surface area contributed by atoms with Gasteiger partial charge in [0.1, 0.15) is 6.54 Å². The minimum Gasteiger partial charge on any atom is -0.324 e. The number of rotatable bonds is 3. The zero-order valence-electron chi connectivity index (χ0n) is 11.8. The highest BCUT2D eigenvalue weighted by Gasteiger charge is 2.47. The quantitative estimate of drug-likeness (QED) is 0.472. The first-order chi connectivity index (χ1) is 10.6. The maximum Gasteiger partial charge on any atom is 0.244 e. The summed E-state index contributed by atoms with van der Waals surface area (Å²) in [4.78, 5) is 37.8. The van der Waals surface area contributed by atoms with E-state index in [0.717, 1.165) is 8.47 Å². The van der Waals surface area contributed by atoms with Gasteiger partial charge in [-0.1, -0.05) is 24.3 Å². The van der Waals surface area contributed by atoms with Gasteiger partial charge in [0.05, 0.1) is 17.5 Å². The average molecular weight is 410 g/mol. The fraction of sp³-hybridized carbons (Fsp3) is 0.312. The van der Waals surface area contributed by atoms with Gasteiger partial charge in [-0.15, -0.1) is 0 Å². The number of anilines is 1. The number of imide groups is 1. The SMILES string of the molecule is O=C(CN1C(=O)C2CC=CCC2C1=O)Nc1ccccc1I. The first-order valence-corrected chi connectivity index (χ1v) is 8.20. The molecule has 2 unspecified atom stereocenters. The Morgan fingerprint density at radius 1 is 1.14 bits per heavy atom. The van der Waals surface area contributed by atoms with Crippen molar-refractivity contribution in [1.82, 2.24) is 4.90 Å². The van der Waals surface area contributed by atoms with Gasteiger partial charge < -0.3 is 5.32 Å². The maximum absolute atomic E-state index is 12.3. The first kappa shape index (κ1) is 15.2. The van der Waals surface area contributed by atoms with Gasteiger partial charge >= 0.3 is 0 Å². The molecule has 1 aliphatic carbocycles. The molecule has 1 aromatic rings. The number of para-hydroxylation sites is 1. The van der Waals surface area contributed by atoms with Gasteiger partial charge in [-0.05, 0) is 47.6 Å². The number of nitrogens with one attached hydrogen (secondary N) is 1. The molecule has 1 aromatic carbocycles. The zero-order chi connectivity index (χ0) is 15.7. The molecule has 1 heterocycles. The monoisotopic (exact) mass is 410 g/mol. The molecule has 0 radical (unpaired) electrons. The number of fused-ring (bicyclic) bond motifs is 1. The van der Waals surface area contributed by atoms with Crippen molar-refractivity contribution in [2.75, 3.05) is 11.9 Å². The Bertz CT molecular complexity index is 645. The summed E-state index contributed by atoms with van der Waals surface area (Å²) >= 11 is 2.12. The average Bonchev–Trinajstić information content (AvgIpc) is 2.75. The minimum absolute atomic E-state index is 0.213. The van der Waals surface area contributed by atoms with E-state index >= 15 is 0 Å². The molecule has 0 bridgehead atoms. The lowest BCUT2D eigenvalue weighted by molar-refractivity contribution is -0.142. The zero-order valence-corrected chi connectivity index (χ0v) is 13.9. The molecule has 114 valence electrons. The summed E-state index contributed by atoms with van der Waals surface area (Å²) in [6, 6.07) is 7.37. The Kier molecular flexibility index (Phi) is 4.28. The van der Waals surface area contributed by atoms with E-state index in [0.29, 0.717) is 18.5 Å². The molecule has 6 heteroatoms. The van der Waals surface area contributed by atoms with Crippen LogP contribution in [0.1, 0.15) is 12.8 Å². The summed E-state index contributed by atoms with van der Waals surface area (Å²) in [6.45, 7) is -0.213. The van der Waals surface area contributed by atoms with Crippen molar-refractivity contribution in [2.45, 2.75) is 12.8 Å². The van der Waals surface area contributed by atoms with Crippen LogP contribution in [0.15, 0.2) is 36.4 Å². The summed E-state index contributed by atoms with van der Waals surface area (Å²) in [7, 11) is 0. The van der Waals surface area contributed by atoms with Gasteiger partial charge in [-0.2, -0.15) is 0 Å². The lowest BCUT2D eigenvalue weighted by Gasteiger charge is -2.15. The predicted octanol–water partition coefficient (Wildman–Crippen LogP) is 2.18. The third kappa shape index (κ3) is 2.79. The third-order valence-electron chi connectivity index (χ3n) is 4.05. The molecule has 1 aliphatic heterocycles. The van der Waals surface area contributed by atoms with Gasteiger partial charge in [0.25, 0.3) is 0 Å². The van der Waals surface area contributed by atoms with Crippen LogP contribution in [0, 0.1) is 15.4 Å². The number of benzene rings is 1. The standard InChI is InChI=1S/C16H15IN2O3/c17-12-7-3-4-8-13(12)18-14(20)9-19-15(21)10-5-1-2-6-11(10)16(19)22/h1-4,7-8,10-11H,5-6,9H2,(H,18,20). The van der Waals surface area contributed by atoms with Crippen molar-refractivity contribution in [3.63, 3.8) is 0 Å². The number of likely N-dealkylation sites (tertiary alicyclic amines) is 1. The number of carbonyl (C=O) groups excluding carboxylic acids is 3. The molecule has 5 nitrogen and oxygen atoms in total. The topological polar surface area (TPSA) is 66.5 Å². The number of halogens is 1. The summed E-state index contributed by atoms with van der Waals surface area (Å²) in [5, 5.41) is 2.75. The van der Waals surface area contributed by atoms with E-state index in [1.165, 1.54) is 0 Å². The van der Waals surface area contributed by atoms with E-state index in [9.17, 15) is 14.4 Å². The van der Waals surface area contributed by atoms with Crippen LogP contribution in [0.25, 0.3) is 0 Å². The fourth-order valence-electron chi connectivity index (χ4n) is 2.92. The molecular weight excluding hydrogens is 395 g/mol. The van der Waals surface area contributed by atoms with Crippen molar-refractivity contribution < 1.29 is 14.4 Å². The summed E-state index contributed by atoms with van der Waals surface area (Å²) in [6.07, 6.45) is 5.04. The fourth-order valence-corrected chi connectivity index (χ4v) is 3.44. The second-order valence-electron chi connectivity index (χ2n) is 5.45. The molecule has 1 saturated heterocycles. The lowest BCUT2D eigenvalue weighted by atomic mass is 9.85. The summed E-state index contributed by atoms with van der Waals surface area (Å²) in [5.41, 5.74) is 0.686. The van der Waals surface area contributed by atoms with Gasteiger partial charge in [0, 0.05) is 3.57 Å². The van der Waals surface area contributed by atoms with Crippen LogP contribution in [0.2, 0.25) is 0 Å². The molecule has 3 amide bonds. The number of amides is 3.